The number of aldehydes is 1. The van der Waals surface area contributed by atoms with Crippen LogP contribution in [0.25, 0.3) is 16.9 Å². The van der Waals surface area contributed by atoms with E-state index in [4.69, 9.17) is 4.74 Å². The van der Waals surface area contributed by atoms with Gasteiger partial charge in [-0.05, 0) is 49.7 Å². The first-order valence-corrected chi connectivity index (χ1v) is 8.16. The van der Waals surface area contributed by atoms with Crippen LogP contribution >= 0.6 is 0 Å². The lowest BCUT2D eigenvalue weighted by Crippen LogP contribution is -2.05. The predicted molar refractivity (Wildman–Crippen MR) is 97.3 cm³/mol. The number of rotatable bonds is 5. The fourth-order valence-electron chi connectivity index (χ4n) is 2.86. The van der Waals surface area contributed by atoms with Crippen molar-refractivity contribution in [2.45, 2.75) is 13.8 Å². The number of carbonyl (C=O) groups excluding carboxylic acids is 2. The Morgan fingerprint density at radius 1 is 1.08 bits per heavy atom. The molecule has 2 aromatic carbocycles. The topological polar surface area (TPSA) is 48.3 Å². The van der Waals surface area contributed by atoms with Crippen molar-refractivity contribution in [3.8, 4) is 16.9 Å². The lowest BCUT2D eigenvalue weighted by Gasteiger charge is -2.13. The molecule has 0 fully saturated rings. The summed E-state index contributed by atoms with van der Waals surface area (Å²) in [5.41, 5.74) is 4.85. The molecule has 0 unspecified atom stereocenters. The molecule has 1 aromatic heterocycles. The van der Waals surface area contributed by atoms with Crippen LogP contribution in [0, 0.1) is 6.92 Å². The van der Waals surface area contributed by atoms with E-state index in [-0.39, 0.29) is 5.97 Å². The third-order valence-electron chi connectivity index (χ3n) is 4.12. The van der Waals surface area contributed by atoms with Crippen LogP contribution in [-0.4, -0.2) is 23.4 Å². The van der Waals surface area contributed by atoms with Crippen LogP contribution in [0.2, 0.25) is 0 Å². The summed E-state index contributed by atoms with van der Waals surface area (Å²) in [6, 6.07) is 19.0. The first-order chi connectivity index (χ1) is 12.2. The van der Waals surface area contributed by atoms with Crippen LogP contribution in [0.5, 0.6) is 0 Å². The van der Waals surface area contributed by atoms with Gasteiger partial charge in [-0.25, -0.2) is 4.79 Å². The standard InChI is InChI=1S/C21H19NO3/c1-3-25-21(24)17-9-11-19(12-10-17)22-15(2)18(14-23)13-20(22)16-7-5-4-6-8-16/h4-14H,3H2,1-2H3. The lowest BCUT2D eigenvalue weighted by molar-refractivity contribution is 0.0526. The number of carbonyl (C=O) groups is 2. The summed E-state index contributed by atoms with van der Waals surface area (Å²) in [6.45, 7) is 4.04. The SMILES string of the molecule is CCOC(=O)c1ccc(-n2c(-c3ccccc3)cc(C=O)c2C)cc1. The van der Waals surface area contributed by atoms with Gasteiger partial charge in [0.15, 0.2) is 6.29 Å². The molecule has 0 saturated heterocycles. The molecule has 0 aliphatic heterocycles. The molecule has 126 valence electrons. The van der Waals surface area contributed by atoms with Crippen LogP contribution in [-0.2, 0) is 4.74 Å². The van der Waals surface area contributed by atoms with E-state index in [1.807, 2.05) is 60.0 Å². The number of benzene rings is 2. The van der Waals surface area contributed by atoms with Gasteiger partial charge in [0.2, 0.25) is 0 Å². The van der Waals surface area contributed by atoms with Crippen molar-refractivity contribution < 1.29 is 14.3 Å². The van der Waals surface area contributed by atoms with Gasteiger partial charge in [-0.15, -0.1) is 0 Å². The molecule has 4 nitrogen and oxygen atoms in total. The summed E-state index contributed by atoms with van der Waals surface area (Å²) < 4.78 is 7.04. The van der Waals surface area contributed by atoms with Crippen molar-refractivity contribution in [2.24, 2.45) is 0 Å². The van der Waals surface area contributed by atoms with Crippen molar-refractivity contribution in [2.75, 3.05) is 6.61 Å². The zero-order valence-corrected chi connectivity index (χ0v) is 14.2. The molecule has 1 heterocycles. The van der Waals surface area contributed by atoms with Crippen molar-refractivity contribution in [3.63, 3.8) is 0 Å². The zero-order valence-electron chi connectivity index (χ0n) is 14.2. The zero-order chi connectivity index (χ0) is 17.8. The van der Waals surface area contributed by atoms with Crippen molar-refractivity contribution in [1.82, 2.24) is 4.57 Å². The van der Waals surface area contributed by atoms with E-state index in [2.05, 4.69) is 0 Å². The average Bonchev–Trinajstić information content (AvgIpc) is 2.99. The smallest absolute Gasteiger partial charge is 0.338 e. The van der Waals surface area contributed by atoms with E-state index in [9.17, 15) is 9.59 Å². The second-order valence-corrected chi connectivity index (χ2v) is 5.66. The molecular formula is C21H19NO3. The highest BCUT2D eigenvalue weighted by atomic mass is 16.5. The van der Waals surface area contributed by atoms with E-state index in [1.165, 1.54) is 0 Å². The molecule has 0 saturated carbocycles. The van der Waals surface area contributed by atoms with E-state index >= 15 is 0 Å². The molecule has 0 aliphatic rings. The number of nitrogens with zero attached hydrogens (tertiary/aromatic N) is 1. The second kappa shape index (κ2) is 7.18. The molecule has 3 aromatic rings. The number of hydrogen-bond donors (Lipinski definition) is 0. The van der Waals surface area contributed by atoms with E-state index < -0.39 is 0 Å². The maximum absolute atomic E-state index is 11.8. The number of aromatic nitrogens is 1. The lowest BCUT2D eigenvalue weighted by atomic mass is 10.1. The van der Waals surface area contributed by atoms with Crippen molar-refractivity contribution >= 4 is 12.3 Å². The average molecular weight is 333 g/mol. The fraction of sp³-hybridized carbons (Fsp3) is 0.143. The minimum atomic E-state index is -0.338. The summed E-state index contributed by atoms with van der Waals surface area (Å²) in [5.74, 6) is -0.338. The van der Waals surface area contributed by atoms with Crippen LogP contribution < -0.4 is 0 Å². The molecule has 3 rings (SSSR count). The quantitative estimate of drug-likeness (QED) is 0.512. The van der Waals surface area contributed by atoms with Crippen molar-refractivity contribution in [3.05, 3.63) is 77.5 Å². The number of esters is 1. The highest BCUT2D eigenvalue weighted by Gasteiger charge is 2.15. The molecule has 0 aliphatic carbocycles. The third kappa shape index (κ3) is 3.24. The molecule has 0 spiro atoms. The molecule has 4 heteroatoms. The Labute approximate surface area is 146 Å². The molecular weight excluding hydrogens is 314 g/mol. The Hall–Kier alpha value is -3.14. The van der Waals surface area contributed by atoms with Crippen LogP contribution in [0.4, 0.5) is 0 Å². The Morgan fingerprint density at radius 3 is 2.36 bits per heavy atom. The maximum Gasteiger partial charge on any atom is 0.338 e. The summed E-state index contributed by atoms with van der Waals surface area (Å²) in [6.07, 6.45) is 0.866. The van der Waals surface area contributed by atoms with Gasteiger partial charge in [0, 0.05) is 16.9 Å². The van der Waals surface area contributed by atoms with Gasteiger partial charge in [-0.1, -0.05) is 30.3 Å². The molecule has 0 atom stereocenters. The molecule has 25 heavy (non-hydrogen) atoms. The maximum atomic E-state index is 11.8. The van der Waals surface area contributed by atoms with Gasteiger partial charge in [-0.3, -0.25) is 4.79 Å². The Kier molecular flexibility index (Phi) is 4.80. The Bertz CT molecular complexity index is 893. The minimum absolute atomic E-state index is 0.338. The van der Waals surface area contributed by atoms with E-state index in [0.29, 0.717) is 17.7 Å². The van der Waals surface area contributed by atoms with Gasteiger partial charge in [0.25, 0.3) is 0 Å². The molecule has 0 radical (unpaired) electrons. The van der Waals surface area contributed by atoms with Gasteiger partial charge < -0.3 is 9.30 Å². The van der Waals surface area contributed by atoms with Gasteiger partial charge in [0.05, 0.1) is 17.9 Å². The van der Waals surface area contributed by atoms with Gasteiger partial charge in [0.1, 0.15) is 0 Å². The summed E-state index contributed by atoms with van der Waals surface area (Å²) in [4.78, 5) is 23.2. The first kappa shape index (κ1) is 16.7. The van der Waals surface area contributed by atoms with Gasteiger partial charge in [-0.2, -0.15) is 0 Å². The first-order valence-electron chi connectivity index (χ1n) is 8.16. The number of ether oxygens (including phenoxy) is 1. The largest absolute Gasteiger partial charge is 0.462 e. The van der Waals surface area contributed by atoms with Crippen LogP contribution in [0.1, 0.15) is 33.3 Å². The predicted octanol–water partition coefficient (Wildman–Crippen LogP) is 4.44. The van der Waals surface area contributed by atoms with E-state index in [0.717, 1.165) is 28.9 Å². The Morgan fingerprint density at radius 2 is 1.76 bits per heavy atom. The normalized spacial score (nSPS) is 10.5. The highest BCUT2D eigenvalue weighted by molar-refractivity contribution is 5.89. The number of hydrogen-bond acceptors (Lipinski definition) is 3. The molecule has 0 N–H and O–H groups in total. The van der Waals surface area contributed by atoms with E-state index in [1.54, 1.807) is 19.1 Å². The highest BCUT2D eigenvalue weighted by Crippen LogP contribution is 2.29. The molecule has 0 amide bonds. The summed E-state index contributed by atoms with van der Waals surface area (Å²) in [5, 5.41) is 0. The molecule has 0 bridgehead atoms. The van der Waals surface area contributed by atoms with Crippen molar-refractivity contribution in [1.29, 1.82) is 0 Å². The monoisotopic (exact) mass is 333 g/mol. The fourth-order valence-corrected chi connectivity index (χ4v) is 2.86. The minimum Gasteiger partial charge on any atom is -0.462 e. The third-order valence-corrected chi connectivity index (χ3v) is 4.12. The van der Waals surface area contributed by atoms with Crippen LogP contribution in [0.15, 0.2) is 60.7 Å². The van der Waals surface area contributed by atoms with Gasteiger partial charge >= 0.3 is 5.97 Å². The summed E-state index contributed by atoms with van der Waals surface area (Å²) >= 11 is 0. The van der Waals surface area contributed by atoms with Crippen LogP contribution in [0.3, 0.4) is 0 Å². The summed E-state index contributed by atoms with van der Waals surface area (Å²) in [7, 11) is 0. The second-order valence-electron chi connectivity index (χ2n) is 5.66. The Balaban J connectivity index is 2.09.